The summed E-state index contributed by atoms with van der Waals surface area (Å²) in [6.07, 6.45) is -10.9. The molecular formula is C23H20ClF6N3O3. The molecule has 0 saturated carbocycles. The summed E-state index contributed by atoms with van der Waals surface area (Å²) in [7, 11) is 0. The predicted octanol–water partition coefficient (Wildman–Crippen LogP) is 5.17. The molecule has 0 aliphatic carbocycles. The van der Waals surface area contributed by atoms with Crippen LogP contribution in [0.2, 0.25) is 5.02 Å². The number of likely N-dealkylation sites (tertiary alicyclic amines) is 1. The zero-order valence-corrected chi connectivity index (χ0v) is 19.4. The van der Waals surface area contributed by atoms with Crippen molar-refractivity contribution in [3.63, 3.8) is 0 Å². The second-order valence-corrected chi connectivity index (χ2v) is 9.09. The second-order valence-electron chi connectivity index (χ2n) is 8.66. The van der Waals surface area contributed by atoms with E-state index < -0.39 is 46.1 Å². The van der Waals surface area contributed by atoms with E-state index in [1.165, 1.54) is 29.2 Å². The van der Waals surface area contributed by atoms with Gasteiger partial charge in [0.2, 0.25) is 0 Å². The van der Waals surface area contributed by atoms with Gasteiger partial charge in [-0.25, -0.2) is 4.79 Å². The number of alkyl halides is 6. The first-order valence-corrected chi connectivity index (χ1v) is 11.1. The number of hydrogen-bond acceptors (Lipinski definition) is 4. The standard InChI is InChI=1S/C23H20ClF6N3O3/c1-2-31-19(34)33-11-20(35,12-33)14-5-3-13(4-6-14)18-10-21(36-32-18,23(28,29)30)15-7-16(22(25,26)27)9-17(24)8-15/h3-9,35H,2,10-12H2,1H3,(H,31,34). The number of aliphatic hydroxyl groups is 1. The van der Waals surface area contributed by atoms with Crippen molar-refractivity contribution in [1.29, 1.82) is 0 Å². The summed E-state index contributed by atoms with van der Waals surface area (Å²) in [5, 5.41) is 16.4. The largest absolute Gasteiger partial charge is 0.435 e. The molecule has 1 fully saturated rings. The van der Waals surface area contributed by atoms with Crippen LogP contribution in [0.25, 0.3) is 0 Å². The molecule has 1 unspecified atom stereocenters. The fourth-order valence-electron chi connectivity index (χ4n) is 4.19. The molecule has 1 atom stereocenters. The molecule has 2 aliphatic heterocycles. The molecule has 2 aliphatic rings. The van der Waals surface area contributed by atoms with Crippen LogP contribution in [-0.2, 0) is 22.2 Å². The van der Waals surface area contributed by atoms with Crippen LogP contribution in [0.1, 0.15) is 35.6 Å². The van der Waals surface area contributed by atoms with Gasteiger partial charge in [-0.2, -0.15) is 26.3 Å². The summed E-state index contributed by atoms with van der Waals surface area (Å²) in [6.45, 7) is 2.26. The number of hydrogen-bond donors (Lipinski definition) is 2. The van der Waals surface area contributed by atoms with Gasteiger partial charge in [0.25, 0.3) is 5.60 Å². The Kier molecular flexibility index (Phi) is 6.40. The number of nitrogens with one attached hydrogen (secondary N) is 1. The molecule has 6 nitrogen and oxygen atoms in total. The van der Waals surface area contributed by atoms with Crippen molar-refractivity contribution < 1.29 is 41.1 Å². The number of carbonyl (C=O) groups is 1. The van der Waals surface area contributed by atoms with E-state index in [0.717, 1.165) is 6.07 Å². The van der Waals surface area contributed by atoms with Crippen molar-refractivity contribution in [2.75, 3.05) is 19.6 Å². The summed E-state index contributed by atoms with van der Waals surface area (Å²) < 4.78 is 82.2. The lowest BCUT2D eigenvalue weighted by Gasteiger charge is -2.46. The van der Waals surface area contributed by atoms with E-state index in [4.69, 9.17) is 16.4 Å². The third-order valence-electron chi connectivity index (χ3n) is 6.15. The Hall–Kier alpha value is -2.99. The molecule has 1 saturated heterocycles. The number of rotatable bonds is 4. The van der Waals surface area contributed by atoms with Gasteiger partial charge in [-0.05, 0) is 36.2 Å². The Balaban J connectivity index is 1.57. The smallest absolute Gasteiger partial charge is 0.381 e. The van der Waals surface area contributed by atoms with Crippen LogP contribution in [0.5, 0.6) is 0 Å². The highest BCUT2D eigenvalue weighted by atomic mass is 35.5. The van der Waals surface area contributed by atoms with E-state index in [1.807, 2.05) is 0 Å². The maximum atomic E-state index is 14.2. The third-order valence-corrected chi connectivity index (χ3v) is 6.37. The fraction of sp³-hybridized carbons (Fsp3) is 0.391. The summed E-state index contributed by atoms with van der Waals surface area (Å²) in [4.78, 5) is 18.1. The van der Waals surface area contributed by atoms with Gasteiger partial charge in [-0.3, -0.25) is 0 Å². The molecule has 2 N–H and O–H groups in total. The van der Waals surface area contributed by atoms with E-state index in [2.05, 4.69) is 10.5 Å². The average Bonchev–Trinajstić information content (AvgIpc) is 3.23. The zero-order chi connectivity index (χ0) is 26.5. The maximum Gasteiger partial charge on any atom is 0.435 e. The van der Waals surface area contributed by atoms with Gasteiger partial charge in [0.1, 0.15) is 5.60 Å². The quantitative estimate of drug-likeness (QED) is 0.530. The minimum Gasteiger partial charge on any atom is -0.381 e. The highest BCUT2D eigenvalue weighted by Gasteiger charge is 2.62. The summed E-state index contributed by atoms with van der Waals surface area (Å²) in [5.74, 6) is 0. The predicted molar refractivity (Wildman–Crippen MR) is 117 cm³/mol. The fourth-order valence-corrected chi connectivity index (χ4v) is 4.43. The van der Waals surface area contributed by atoms with E-state index >= 15 is 0 Å². The number of carbonyl (C=O) groups excluding carboxylic acids is 1. The highest BCUT2D eigenvalue weighted by molar-refractivity contribution is 6.30. The molecule has 2 aromatic carbocycles. The molecule has 0 radical (unpaired) electrons. The molecule has 4 rings (SSSR count). The number of nitrogens with zero attached hydrogens (tertiary/aromatic N) is 2. The average molecular weight is 536 g/mol. The monoisotopic (exact) mass is 535 g/mol. The van der Waals surface area contributed by atoms with Crippen molar-refractivity contribution in [2.45, 2.75) is 36.9 Å². The van der Waals surface area contributed by atoms with E-state index in [0.29, 0.717) is 24.2 Å². The molecule has 2 amide bonds. The van der Waals surface area contributed by atoms with Crippen LogP contribution >= 0.6 is 11.6 Å². The Morgan fingerprint density at radius 1 is 1.11 bits per heavy atom. The molecule has 2 heterocycles. The molecule has 13 heteroatoms. The van der Waals surface area contributed by atoms with Crippen molar-refractivity contribution in [3.8, 4) is 0 Å². The van der Waals surface area contributed by atoms with Gasteiger partial charge >= 0.3 is 18.4 Å². The van der Waals surface area contributed by atoms with Gasteiger partial charge in [0.15, 0.2) is 0 Å². The first-order chi connectivity index (χ1) is 16.7. The van der Waals surface area contributed by atoms with Gasteiger partial charge in [-0.15, -0.1) is 0 Å². The maximum absolute atomic E-state index is 14.2. The molecular weight excluding hydrogens is 516 g/mol. The lowest BCUT2D eigenvalue weighted by atomic mass is 9.84. The Labute approximate surface area is 206 Å². The minimum atomic E-state index is -5.12. The summed E-state index contributed by atoms with van der Waals surface area (Å²) in [6, 6.07) is 7.17. The zero-order valence-electron chi connectivity index (χ0n) is 18.7. The number of benzene rings is 2. The van der Waals surface area contributed by atoms with Crippen LogP contribution in [0, 0.1) is 0 Å². The van der Waals surface area contributed by atoms with Crippen LogP contribution in [-0.4, -0.2) is 47.6 Å². The van der Waals surface area contributed by atoms with Gasteiger partial charge in [0.05, 0.1) is 24.4 Å². The summed E-state index contributed by atoms with van der Waals surface area (Å²) in [5.41, 5.74) is -6.11. The van der Waals surface area contributed by atoms with Crippen molar-refractivity contribution >= 4 is 23.3 Å². The van der Waals surface area contributed by atoms with Crippen LogP contribution in [0.4, 0.5) is 31.1 Å². The van der Waals surface area contributed by atoms with E-state index in [-0.39, 0.29) is 30.4 Å². The first kappa shape index (κ1) is 26.1. The molecule has 0 bridgehead atoms. The normalized spacial score (nSPS) is 21.5. The van der Waals surface area contributed by atoms with Crippen LogP contribution in [0.15, 0.2) is 47.6 Å². The Morgan fingerprint density at radius 3 is 2.31 bits per heavy atom. The molecule has 194 valence electrons. The number of amides is 2. The number of halogens is 7. The molecule has 0 aromatic heterocycles. The van der Waals surface area contributed by atoms with Crippen molar-refractivity contribution in [2.24, 2.45) is 5.16 Å². The number of urea groups is 1. The Morgan fingerprint density at radius 2 is 1.75 bits per heavy atom. The van der Waals surface area contributed by atoms with Gasteiger partial charge in [0, 0.05) is 23.6 Å². The number of β-amino-alcohol motifs (C(OH)–C–C–N with tert-alkyl or cyclic N) is 1. The molecule has 36 heavy (non-hydrogen) atoms. The van der Waals surface area contributed by atoms with Crippen molar-refractivity contribution in [3.05, 3.63) is 69.7 Å². The van der Waals surface area contributed by atoms with Crippen LogP contribution in [0.3, 0.4) is 0 Å². The second kappa shape index (κ2) is 8.84. The Bertz CT molecular complexity index is 1190. The van der Waals surface area contributed by atoms with E-state index in [1.54, 1.807) is 6.92 Å². The highest BCUT2D eigenvalue weighted by Crippen LogP contribution is 2.50. The SMILES string of the molecule is CCNC(=O)N1CC(O)(c2ccc(C3=NOC(c4cc(Cl)cc(C(F)(F)F)c4)(C(F)(F)F)C3)cc2)C1. The minimum absolute atomic E-state index is 0.0374. The summed E-state index contributed by atoms with van der Waals surface area (Å²) >= 11 is 5.71. The topological polar surface area (TPSA) is 74.2 Å². The lowest BCUT2D eigenvalue weighted by Crippen LogP contribution is -2.63. The lowest BCUT2D eigenvalue weighted by molar-refractivity contribution is -0.276. The van der Waals surface area contributed by atoms with Crippen molar-refractivity contribution in [1.82, 2.24) is 10.2 Å². The van der Waals surface area contributed by atoms with Crippen LogP contribution < -0.4 is 5.32 Å². The molecule has 0 spiro atoms. The van der Waals surface area contributed by atoms with E-state index in [9.17, 15) is 36.2 Å². The van der Waals surface area contributed by atoms with Gasteiger partial charge in [-0.1, -0.05) is 41.0 Å². The third kappa shape index (κ3) is 4.59. The van der Waals surface area contributed by atoms with Gasteiger partial charge < -0.3 is 20.2 Å². The number of oxime groups is 1. The first-order valence-electron chi connectivity index (χ1n) is 10.7. The molecule has 2 aromatic rings.